The molecule has 1 aliphatic rings. The lowest BCUT2D eigenvalue weighted by atomic mass is 10.2. The number of aromatic carboxylic acids is 1. The number of hydrogen-bond acceptors (Lipinski definition) is 4. The molecule has 1 aromatic rings. The van der Waals surface area contributed by atoms with Crippen molar-refractivity contribution < 1.29 is 18.3 Å². The van der Waals surface area contributed by atoms with Crippen molar-refractivity contribution in [2.24, 2.45) is 0 Å². The Kier molecular flexibility index (Phi) is 4.72. The Labute approximate surface area is 136 Å². The van der Waals surface area contributed by atoms with Crippen LogP contribution in [0.25, 0.3) is 0 Å². The molecule has 0 radical (unpaired) electrons. The van der Waals surface area contributed by atoms with Gasteiger partial charge < -0.3 is 5.11 Å². The fraction of sp³-hybridized carbons (Fsp3) is 0.462. The summed E-state index contributed by atoms with van der Waals surface area (Å²) < 4.78 is 27.0. The lowest BCUT2D eigenvalue weighted by Crippen LogP contribution is -2.46. The van der Waals surface area contributed by atoms with E-state index in [4.69, 9.17) is 5.11 Å². The number of nitrogens with zero attached hydrogens (tertiary/aromatic N) is 1. The molecular weight excluding hydrogens is 378 g/mol. The second-order valence-corrected chi connectivity index (χ2v) is 9.96. The molecule has 0 unspecified atom stereocenters. The van der Waals surface area contributed by atoms with Gasteiger partial charge in [-0.25, -0.2) is 13.2 Å². The summed E-state index contributed by atoms with van der Waals surface area (Å²) in [4.78, 5) is 11.0. The van der Waals surface area contributed by atoms with Gasteiger partial charge in [-0.3, -0.25) is 0 Å². The molecule has 0 atom stereocenters. The summed E-state index contributed by atoms with van der Waals surface area (Å²) in [5.41, 5.74) is 0.0513. The van der Waals surface area contributed by atoms with Gasteiger partial charge in [0.2, 0.25) is 10.0 Å². The summed E-state index contributed by atoms with van der Waals surface area (Å²) in [7, 11) is -3.63. The summed E-state index contributed by atoms with van der Waals surface area (Å²) in [6.07, 6.45) is 0. The Morgan fingerprint density at radius 2 is 2.10 bits per heavy atom. The van der Waals surface area contributed by atoms with E-state index in [1.54, 1.807) is 11.8 Å². The van der Waals surface area contributed by atoms with E-state index in [1.165, 1.54) is 22.5 Å². The third-order valence-electron chi connectivity index (χ3n) is 3.19. The second-order valence-electron chi connectivity index (χ2n) is 5.40. The summed E-state index contributed by atoms with van der Waals surface area (Å²) in [6, 6.07) is 3.97. The number of hydrogen-bond donors (Lipinski definition) is 1. The monoisotopic (exact) mass is 393 g/mol. The van der Waals surface area contributed by atoms with Crippen molar-refractivity contribution in [1.29, 1.82) is 0 Å². The molecule has 8 heteroatoms. The molecule has 21 heavy (non-hydrogen) atoms. The number of carboxylic acids is 1. The zero-order chi connectivity index (χ0) is 15.8. The van der Waals surface area contributed by atoms with Crippen LogP contribution in [0.4, 0.5) is 0 Å². The van der Waals surface area contributed by atoms with Gasteiger partial charge in [0.25, 0.3) is 0 Å². The minimum atomic E-state index is -3.63. The van der Waals surface area contributed by atoms with Crippen molar-refractivity contribution in [3.63, 3.8) is 0 Å². The molecule has 0 aliphatic carbocycles. The van der Waals surface area contributed by atoms with Crippen LogP contribution in [-0.2, 0) is 10.0 Å². The normalized spacial score (nSPS) is 19.4. The van der Waals surface area contributed by atoms with Crippen LogP contribution in [0.5, 0.6) is 0 Å². The average molecular weight is 394 g/mol. The maximum absolute atomic E-state index is 12.7. The zero-order valence-electron chi connectivity index (χ0n) is 11.7. The highest BCUT2D eigenvalue weighted by Crippen LogP contribution is 2.34. The largest absolute Gasteiger partial charge is 0.478 e. The van der Waals surface area contributed by atoms with Crippen LogP contribution < -0.4 is 0 Å². The third-order valence-corrected chi connectivity index (χ3v) is 7.31. The molecule has 0 aromatic heterocycles. The molecule has 0 saturated carbocycles. The Morgan fingerprint density at radius 3 is 2.62 bits per heavy atom. The maximum Gasteiger partial charge on any atom is 0.335 e. The van der Waals surface area contributed by atoms with Crippen LogP contribution in [0.1, 0.15) is 24.2 Å². The van der Waals surface area contributed by atoms with Crippen molar-refractivity contribution >= 4 is 43.7 Å². The number of sulfonamides is 1. The number of carboxylic acid groups (broad SMARTS) is 1. The van der Waals surface area contributed by atoms with Crippen LogP contribution >= 0.6 is 27.7 Å². The van der Waals surface area contributed by atoms with Gasteiger partial charge in [-0.05, 0) is 48.0 Å². The van der Waals surface area contributed by atoms with Gasteiger partial charge >= 0.3 is 5.97 Å². The first-order valence-corrected chi connectivity index (χ1v) is 9.52. The Morgan fingerprint density at radius 1 is 1.43 bits per heavy atom. The predicted molar refractivity (Wildman–Crippen MR) is 86.4 cm³/mol. The van der Waals surface area contributed by atoms with Crippen LogP contribution in [0.3, 0.4) is 0 Å². The van der Waals surface area contributed by atoms with Crippen LogP contribution in [0, 0.1) is 0 Å². The minimum Gasteiger partial charge on any atom is -0.478 e. The fourth-order valence-electron chi connectivity index (χ4n) is 2.16. The van der Waals surface area contributed by atoms with Crippen LogP contribution in [-0.4, -0.2) is 47.4 Å². The highest BCUT2D eigenvalue weighted by atomic mass is 79.9. The predicted octanol–water partition coefficient (Wildman–Crippen LogP) is 2.66. The molecule has 2 rings (SSSR count). The molecular formula is C13H16BrNO4S2. The molecule has 0 spiro atoms. The summed E-state index contributed by atoms with van der Waals surface area (Å²) >= 11 is 4.92. The van der Waals surface area contributed by atoms with E-state index in [0.29, 0.717) is 13.1 Å². The smallest absolute Gasteiger partial charge is 0.335 e. The SMILES string of the molecule is CC1(C)CN(S(=O)(=O)c2ccc(C(=O)O)cc2Br)CCS1. The number of carbonyl (C=O) groups is 1. The summed E-state index contributed by atoms with van der Waals surface area (Å²) in [5, 5.41) is 8.94. The molecule has 116 valence electrons. The van der Waals surface area contributed by atoms with E-state index in [-0.39, 0.29) is 19.7 Å². The van der Waals surface area contributed by atoms with Gasteiger partial charge in [0.15, 0.2) is 0 Å². The first-order chi connectivity index (χ1) is 9.63. The molecule has 1 saturated heterocycles. The van der Waals surface area contributed by atoms with Crippen LogP contribution in [0.2, 0.25) is 0 Å². The van der Waals surface area contributed by atoms with E-state index in [9.17, 15) is 13.2 Å². The maximum atomic E-state index is 12.7. The Hall–Kier alpha value is -0.570. The lowest BCUT2D eigenvalue weighted by molar-refractivity contribution is 0.0696. The van der Waals surface area contributed by atoms with Crippen molar-refractivity contribution in [2.75, 3.05) is 18.8 Å². The molecule has 5 nitrogen and oxygen atoms in total. The number of benzene rings is 1. The first-order valence-electron chi connectivity index (χ1n) is 6.30. The minimum absolute atomic E-state index is 0.0513. The van der Waals surface area contributed by atoms with E-state index in [0.717, 1.165) is 5.75 Å². The highest BCUT2D eigenvalue weighted by molar-refractivity contribution is 9.10. The molecule has 1 fully saturated rings. The third kappa shape index (κ3) is 3.61. The summed E-state index contributed by atoms with van der Waals surface area (Å²) in [6.45, 7) is 4.93. The molecule has 0 amide bonds. The van der Waals surface area contributed by atoms with Gasteiger partial charge in [0.1, 0.15) is 0 Å². The van der Waals surface area contributed by atoms with Gasteiger partial charge in [-0.2, -0.15) is 16.1 Å². The number of thioether (sulfide) groups is 1. The number of halogens is 1. The molecule has 1 heterocycles. The first kappa shape index (κ1) is 16.8. The quantitative estimate of drug-likeness (QED) is 0.853. The van der Waals surface area contributed by atoms with Gasteiger partial charge in [0.05, 0.1) is 10.5 Å². The molecule has 1 aliphatic heterocycles. The van der Waals surface area contributed by atoms with Crippen molar-refractivity contribution in [3.05, 3.63) is 28.2 Å². The van der Waals surface area contributed by atoms with Crippen molar-refractivity contribution in [1.82, 2.24) is 4.31 Å². The standard InChI is InChI=1S/C13H16BrNO4S2/c1-13(2)8-15(5-6-20-13)21(18,19)11-4-3-9(12(16)17)7-10(11)14/h3-4,7H,5-6,8H2,1-2H3,(H,16,17). The highest BCUT2D eigenvalue weighted by Gasteiger charge is 2.35. The van der Waals surface area contributed by atoms with Crippen molar-refractivity contribution in [3.8, 4) is 0 Å². The molecule has 1 N–H and O–H groups in total. The Bertz CT molecular complexity index is 673. The van der Waals surface area contributed by atoms with Crippen LogP contribution in [0.15, 0.2) is 27.6 Å². The Balaban J connectivity index is 2.38. The van der Waals surface area contributed by atoms with E-state index in [1.807, 2.05) is 13.8 Å². The fourth-order valence-corrected chi connectivity index (χ4v) is 6.11. The number of rotatable bonds is 3. The van der Waals surface area contributed by atoms with E-state index >= 15 is 0 Å². The zero-order valence-corrected chi connectivity index (χ0v) is 14.9. The molecule has 1 aromatic carbocycles. The average Bonchev–Trinajstić information content (AvgIpc) is 2.36. The van der Waals surface area contributed by atoms with Gasteiger partial charge in [0, 0.05) is 28.1 Å². The van der Waals surface area contributed by atoms with Crippen molar-refractivity contribution in [2.45, 2.75) is 23.5 Å². The second kappa shape index (κ2) is 5.91. The van der Waals surface area contributed by atoms with Gasteiger partial charge in [-0.1, -0.05) is 0 Å². The summed E-state index contributed by atoms with van der Waals surface area (Å²) in [5.74, 6) is -0.341. The van der Waals surface area contributed by atoms with Gasteiger partial charge in [-0.15, -0.1) is 0 Å². The van der Waals surface area contributed by atoms with E-state index < -0.39 is 16.0 Å². The topological polar surface area (TPSA) is 74.7 Å². The van der Waals surface area contributed by atoms with E-state index in [2.05, 4.69) is 15.9 Å². The molecule has 0 bridgehead atoms. The lowest BCUT2D eigenvalue weighted by Gasteiger charge is -2.36.